The second-order valence-electron chi connectivity index (χ2n) is 7.70. The number of aromatic amines is 2. The van der Waals surface area contributed by atoms with Crippen molar-refractivity contribution in [1.29, 1.82) is 0 Å². The molecular formula is C22H16F3N3O4. The molecule has 0 radical (unpaired) electrons. The standard InChI is InChI=1S/C22H16F3N3O4/c23-22(24,25)11-4-1-3-10(9-11)14-7-8-15(32-14)17-16-12(5-2-6-13(16)29)26-19-18(17)20(30)28-21(31)27-19/h1,3-4,7-9,17H,2,5-6H2,(H3,26,27,28,30,31)/t17-/m1/s1. The van der Waals surface area contributed by atoms with Crippen LogP contribution in [-0.2, 0) is 11.0 Å². The van der Waals surface area contributed by atoms with Crippen molar-refractivity contribution >= 4 is 11.6 Å². The van der Waals surface area contributed by atoms with E-state index in [-0.39, 0.29) is 34.2 Å². The second-order valence-corrected chi connectivity index (χ2v) is 7.70. The molecule has 0 fully saturated rings. The van der Waals surface area contributed by atoms with Gasteiger partial charge in [0, 0.05) is 23.3 Å². The van der Waals surface area contributed by atoms with Crippen molar-refractivity contribution in [3.63, 3.8) is 0 Å². The van der Waals surface area contributed by atoms with Crippen molar-refractivity contribution in [3.05, 3.63) is 85.4 Å². The highest BCUT2D eigenvalue weighted by Crippen LogP contribution is 2.44. The average Bonchev–Trinajstić information content (AvgIpc) is 3.22. The Morgan fingerprint density at radius 1 is 1.00 bits per heavy atom. The minimum Gasteiger partial charge on any atom is -0.460 e. The van der Waals surface area contributed by atoms with Gasteiger partial charge in [0.15, 0.2) is 5.78 Å². The summed E-state index contributed by atoms with van der Waals surface area (Å²) in [6, 6.07) is 7.73. The Hall–Kier alpha value is -3.82. The number of benzene rings is 1. The van der Waals surface area contributed by atoms with Crippen LogP contribution in [0.3, 0.4) is 0 Å². The number of furan rings is 1. The Labute approximate surface area is 178 Å². The molecule has 32 heavy (non-hydrogen) atoms. The van der Waals surface area contributed by atoms with Gasteiger partial charge < -0.3 is 9.73 Å². The van der Waals surface area contributed by atoms with Crippen LogP contribution in [0.1, 0.15) is 42.1 Å². The number of hydrogen-bond donors (Lipinski definition) is 3. The van der Waals surface area contributed by atoms with Crippen molar-refractivity contribution in [3.8, 4) is 11.3 Å². The quantitative estimate of drug-likeness (QED) is 0.557. The lowest BCUT2D eigenvalue weighted by atomic mass is 9.79. The number of carbonyl (C=O) groups excluding carboxylic acids is 1. The first-order valence-corrected chi connectivity index (χ1v) is 9.89. The van der Waals surface area contributed by atoms with E-state index >= 15 is 0 Å². The SMILES string of the molecule is O=C1CCCC2=C1[C@@H](c1ccc(-c3cccc(C(F)(F)F)c3)o1)c1c([nH]c(=O)[nH]c1=O)N2. The number of aromatic nitrogens is 2. The summed E-state index contributed by atoms with van der Waals surface area (Å²) in [5, 5.41) is 2.99. The number of H-pyrrole nitrogens is 2. The van der Waals surface area contributed by atoms with Gasteiger partial charge in [0.25, 0.3) is 5.56 Å². The first-order valence-electron chi connectivity index (χ1n) is 9.89. The molecule has 2 aliphatic rings. The first kappa shape index (κ1) is 20.1. The average molecular weight is 443 g/mol. The number of hydrogen-bond acceptors (Lipinski definition) is 5. The van der Waals surface area contributed by atoms with Crippen LogP contribution >= 0.6 is 0 Å². The lowest BCUT2D eigenvalue weighted by molar-refractivity contribution is -0.137. The second kappa shape index (κ2) is 7.11. The van der Waals surface area contributed by atoms with Gasteiger partial charge in [-0.3, -0.25) is 19.6 Å². The number of rotatable bonds is 2. The summed E-state index contributed by atoms with van der Waals surface area (Å²) < 4.78 is 45.2. The van der Waals surface area contributed by atoms with E-state index in [4.69, 9.17) is 4.42 Å². The van der Waals surface area contributed by atoms with Gasteiger partial charge in [-0.2, -0.15) is 13.2 Å². The zero-order valence-electron chi connectivity index (χ0n) is 16.4. The molecule has 1 aliphatic heterocycles. The summed E-state index contributed by atoms with van der Waals surface area (Å²) in [7, 11) is 0. The summed E-state index contributed by atoms with van der Waals surface area (Å²) in [6.07, 6.45) is -3.04. The Kier molecular flexibility index (Phi) is 4.47. The van der Waals surface area contributed by atoms with Crippen LogP contribution in [0.25, 0.3) is 11.3 Å². The van der Waals surface area contributed by atoms with Crippen LogP contribution in [0.2, 0.25) is 0 Å². The van der Waals surface area contributed by atoms with E-state index in [9.17, 15) is 27.6 Å². The molecule has 2 aromatic heterocycles. The summed E-state index contributed by atoms with van der Waals surface area (Å²) >= 11 is 0. The zero-order valence-corrected chi connectivity index (χ0v) is 16.4. The van der Waals surface area contributed by atoms with Gasteiger partial charge >= 0.3 is 11.9 Å². The number of fused-ring (bicyclic) bond motifs is 1. The lowest BCUT2D eigenvalue weighted by Crippen LogP contribution is -2.35. The third kappa shape index (κ3) is 3.28. The lowest BCUT2D eigenvalue weighted by Gasteiger charge is -2.31. The van der Waals surface area contributed by atoms with Crippen LogP contribution in [0, 0.1) is 0 Å². The van der Waals surface area contributed by atoms with Gasteiger partial charge in [0.05, 0.1) is 17.0 Å². The molecule has 0 saturated heterocycles. The Morgan fingerprint density at radius 3 is 2.59 bits per heavy atom. The maximum absolute atomic E-state index is 13.1. The number of allylic oxidation sites excluding steroid dienone is 2. The summed E-state index contributed by atoms with van der Waals surface area (Å²) in [4.78, 5) is 41.9. The highest BCUT2D eigenvalue weighted by molar-refractivity contribution is 6.00. The Balaban J connectivity index is 1.66. The Morgan fingerprint density at radius 2 is 1.81 bits per heavy atom. The summed E-state index contributed by atoms with van der Waals surface area (Å²) in [5.41, 5.74) is -0.910. The van der Waals surface area contributed by atoms with Crippen LogP contribution in [0.15, 0.2) is 61.7 Å². The predicted octanol–water partition coefficient (Wildman–Crippen LogP) is 3.91. The molecule has 0 bridgehead atoms. The topological polar surface area (TPSA) is 108 Å². The number of anilines is 1. The fraction of sp³-hybridized carbons (Fsp3) is 0.227. The maximum Gasteiger partial charge on any atom is 0.416 e. The summed E-state index contributed by atoms with van der Waals surface area (Å²) in [6.45, 7) is 0. The zero-order chi connectivity index (χ0) is 22.6. The van der Waals surface area contributed by atoms with Crippen molar-refractivity contribution < 1.29 is 22.4 Å². The van der Waals surface area contributed by atoms with Crippen molar-refractivity contribution in [1.82, 2.24) is 9.97 Å². The monoisotopic (exact) mass is 443 g/mol. The molecule has 1 atom stereocenters. The maximum atomic E-state index is 13.1. The molecular weight excluding hydrogens is 427 g/mol. The van der Waals surface area contributed by atoms with E-state index in [1.165, 1.54) is 24.3 Å². The van der Waals surface area contributed by atoms with Gasteiger partial charge in [0.1, 0.15) is 17.3 Å². The molecule has 1 aromatic carbocycles. The molecule has 164 valence electrons. The number of nitrogens with one attached hydrogen (secondary N) is 3. The van der Waals surface area contributed by atoms with Crippen LogP contribution in [-0.4, -0.2) is 15.8 Å². The molecule has 3 heterocycles. The molecule has 10 heteroatoms. The minimum absolute atomic E-state index is 0.114. The molecule has 7 nitrogen and oxygen atoms in total. The number of Topliss-reactive ketones (excluding diaryl/α,β-unsaturated/α-hetero) is 1. The smallest absolute Gasteiger partial charge is 0.416 e. The molecule has 0 spiro atoms. The molecule has 3 aromatic rings. The van der Waals surface area contributed by atoms with Crippen LogP contribution in [0.5, 0.6) is 0 Å². The van der Waals surface area contributed by atoms with Gasteiger partial charge in [-0.15, -0.1) is 0 Å². The van der Waals surface area contributed by atoms with Gasteiger partial charge in [0.2, 0.25) is 0 Å². The summed E-state index contributed by atoms with van der Waals surface area (Å²) in [5.74, 6) is -0.488. The van der Waals surface area contributed by atoms with Gasteiger partial charge in [-0.1, -0.05) is 12.1 Å². The molecule has 0 saturated carbocycles. The van der Waals surface area contributed by atoms with E-state index in [0.29, 0.717) is 30.5 Å². The van der Waals surface area contributed by atoms with Gasteiger partial charge in [-0.05, 0) is 37.1 Å². The molecule has 5 rings (SSSR count). The molecule has 0 amide bonds. The predicted molar refractivity (Wildman–Crippen MR) is 108 cm³/mol. The van der Waals surface area contributed by atoms with E-state index in [1.54, 1.807) is 0 Å². The third-order valence-electron chi connectivity index (χ3n) is 5.67. The van der Waals surface area contributed by atoms with E-state index in [2.05, 4.69) is 15.3 Å². The Bertz CT molecular complexity index is 1390. The van der Waals surface area contributed by atoms with Crippen molar-refractivity contribution in [2.24, 2.45) is 0 Å². The van der Waals surface area contributed by atoms with E-state index in [0.717, 1.165) is 12.1 Å². The van der Waals surface area contributed by atoms with Crippen LogP contribution in [0.4, 0.5) is 19.0 Å². The fourth-order valence-electron chi connectivity index (χ4n) is 4.29. The minimum atomic E-state index is -4.51. The normalized spacial score (nSPS) is 18.2. The van der Waals surface area contributed by atoms with Crippen molar-refractivity contribution in [2.75, 3.05) is 5.32 Å². The van der Waals surface area contributed by atoms with Crippen molar-refractivity contribution in [2.45, 2.75) is 31.4 Å². The number of carbonyl (C=O) groups is 1. The largest absolute Gasteiger partial charge is 0.460 e. The molecule has 0 unspecified atom stereocenters. The highest BCUT2D eigenvalue weighted by Gasteiger charge is 2.39. The fourth-order valence-corrected chi connectivity index (χ4v) is 4.29. The number of ketones is 1. The first-order chi connectivity index (χ1) is 15.2. The van der Waals surface area contributed by atoms with Crippen LogP contribution < -0.4 is 16.6 Å². The highest BCUT2D eigenvalue weighted by atomic mass is 19.4. The number of halogens is 3. The third-order valence-corrected chi connectivity index (χ3v) is 5.67. The van der Waals surface area contributed by atoms with E-state index in [1.807, 2.05) is 0 Å². The molecule has 3 N–H and O–H groups in total. The molecule has 1 aliphatic carbocycles. The number of alkyl halides is 3. The van der Waals surface area contributed by atoms with Gasteiger partial charge in [-0.25, -0.2) is 4.79 Å². The van der Waals surface area contributed by atoms with E-state index < -0.39 is 28.9 Å².